The maximum atomic E-state index is 12.2. The number of amides is 1. The average Bonchev–Trinajstić information content (AvgIpc) is 3.14. The van der Waals surface area contributed by atoms with Crippen LogP contribution < -0.4 is 10.6 Å². The Labute approximate surface area is 149 Å². The molecule has 3 rings (SSSR count). The van der Waals surface area contributed by atoms with Crippen LogP contribution in [0.15, 0.2) is 24.3 Å². The predicted molar refractivity (Wildman–Crippen MR) is 98.2 cm³/mol. The van der Waals surface area contributed by atoms with Gasteiger partial charge in [0.2, 0.25) is 5.91 Å². The lowest BCUT2D eigenvalue weighted by Crippen LogP contribution is -2.45. The summed E-state index contributed by atoms with van der Waals surface area (Å²) in [6.45, 7) is 6.09. The molecule has 3 atom stereocenters. The van der Waals surface area contributed by atoms with E-state index in [0.29, 0.717) is 12.0 Å². The van der Waals surface area contributed by atoms with Crippen molar-refractivity contribution < 1.29 is 4.79 Å². The summed E-state index contributed by atoms with van der Waals surface area (Å²) in [5.74, 6) is 0.692. The standard InChI is InChI=1S/C19H28ClN3O/c1-14(16-7-2-3-8-17(16)20)23-11-5-6-15(13-23)12-22-19(24)18-9-4-10-21-18/h2-3,7-8,14-15,18,21H,4-6,9-13H2,1H3,(H,22,24). The zero-order chi connectivity index (χ0) is 16.9. The highest BCUT2D eigenvalue weighted by Gasteiger charge is 2.27. The van der Waals surface area contributed by atoms with Gasteiger partial charge in [-0.25, -0.2) is 0 Å². The van der Waals surface area contributed by atoms with E-state index in [1.54, 1.807) is 0 Å². The lowest BCUT2D eigenvalue weighted by Gasteiger charge is -2.37. The van der Waals surface area contributed by atoms with Crippen molar-refractivity contribution in [2.75, 3.05) is 26.2 Å². The van der Waals surface area contributed by atoms with E-state index in [9.17, 15) is 4.79 Å². The second-order valence-electron chi connectivity index (χ2n) is 7.09. The molecule has 2 fully saturated rings. The Morgan fingerprint density at radius 3 is 2.96 bits per heavy atom. The van der Waals surface area contributed by atoms with Gasteiger partial charge in [-0.3, -0.25) is 9.69 Å². The minimum Gasteiger partial charge on any atom is -0.354 e. The summed E-state index contributed by atoms with van der Waals surface area (Å²) in [7, 11) is 0. The third kappa shape index (κ3) is 4.29. The Bertz CT molecular complexity index is 559. The van der Waals surface area contributed by atoms with Gasteiger partial charge in [-0.15, -0.1) is 0 Å². The van der Waals surface area contributed by atoms with E-state index < -0.39 is 0 Å². The van der Waals surface area contributed by atoms with E-state index in [2.05, 4.69) is 28.5 Å². The molecule has 2 saturated heterocycles. The Morgan fingerprint density at radius 1 is 1.38 bits per heavy atom. The van der Waals surface area contributed by atoms with Crippen molar-refractivity contribution >= 4 is 17.5 Å². The van der Waals surface area contributed by atoms with Crippen molar-refractivity contribution in [2.24, 2.45) is 5.92 Å². The molecular formula is C19H28ClN3O. The number of nitrogens with one attached hydrogen (secondary N) is 2. The molecule has 3 unspecified atom stereocenters. The minimum absolute atomic E-state index is 0.0201. The molecule has 1 aromatic rings. The molecule has 2 aliphatic heterocycles. The van der Waals surface area contributed by atoms with Crippen LogP contribution in [0.25, 0.3) is 0 Å². The van der Waals surface area contributed by atoms with Crippen LogP contribution in [0, 0.1) is 5.92 Å². The van der Waals surface area contributed by atoms with Gasteiger partial charge in [-0.05, 0) is 63.2 Å². The van der Waals surface area contributed by atoms with Crippen LogP contribution in [-0.4, -0.2) is 43.0 Å². The number of carbonyl (C=O) groups is 1. The summed E-state index contributed by atoms with van der Waals surface area (Å²) in [5, 5.41) is 7.25. The van der Waals surface area contributed by atoms with Crippen LogP contribution >= 0.6 is 11.6 Å². The normalized spacial score (nSPS) is 26.2. The second-order valence-corrected chi connectivity index (χ2v) is 7.50. The third-order valence-electron chi connectivity index (χ3n) is 5.40. The molecule has 1 aromatic carbocycles. The lowest BCUT2D eigenvalue weighted by molar-refractivity contribution is -0.123. The van der Waals surface area contributed by atoms with Crippen molar-refractivity contribution in [1.82, 2.24) is 15.5 Å². The lowest BCUT2D eigenvalue weighted by atomic mass is 9.95. The summed E-state index contributed by atoms with van der Waals surface area (Å²) in [5.41, 5.74) is 1.19. The fraction of sp³-hybridized carbons (Fsp3) is 0.632. The Balaban J connectivity index is 1.52. The summed E-state index contributed by atoms with van der Waals surface area (Å²) < 4.78 is 0. The highest BCUT2D eigenvalue weighted by molar-refractivity contribution is 6.31. The molecule has 1 amide bonds. The fourth-order valence-corrected chi connectivity index (χ4v) is 4.20. The topological polar surface area (TPSA) is 44.4 Å². The van der Waals surface area contributed by atoms with E-state index in [1.807, 2.05) is 18.2 Å². The number of hydrogen-bond acceptors (Lipinski definition) is 3. The molecule has 4 nitrogen and oxygen atoms in total. The van der Waals surface area contributed by atoms with Crippen LogP contribution in [0.4, 0.5) is 0 Å². The maximum Gasteiger partial charge on any atom is 0.237 e. The van der Waals surface area contributed by atoms with Crippen LogP contribution in [-0.2, 0) is 4.79 Å². The largest absolute Gasteiger partial charge is 0.354 e. The fourth-order valence-electron chi connectivity index (χ4n) is 3.90. The highest BCUT2D eigenvalue weighted by atomic mass is 35.5. The number of likely N-dealkylation sites (tertiary alicyclic amines) is 1. The van der Waals surface area contributed by atoms with Gasteiger partial charge in [-0.1, -0.05) is 29.8 Å². The van der Waals surface area contributed by atoms with Crippen LogP contribution in [0.1, 0.15) is 44.2 Å². The minimum atomic E-state index is 0.0201. The van der Waals surface area contributed by atoms with Gasteiger partial charge in [0.05, 0.1) is 6.04 Å². The predicted octanol–water partition coefficient (Wildman–Crippen LogP) is 2.98. The summed E-state index contributed by atoms with van der Waals surface area (Å²) in [6.07, 6.45) is 4.43. The van der Waals surface area contributed by atoms with Crippen molar-refractivity contribution in [3.05, 3.63) is 34.9 Å². The smallest absolute Gasteiger partial charge is 0.237 e. The van der Waals surface area contributed by atoms with Gasteiger partial charge in [0, 0.05) is 24.2 Å². The van der Waals surface area contributed by atoms with Crippen LogP contribution in [0.3, 0.4) is 0 Å². The maximum absolute atomic E-state index is 12.2. The number of benzene rings is 1. The first-order chi connectivity index (χ1) is 11.6. The highest BCUT2D eigenvalue weighted by Crippen LogP contribution is 2.30. The number of rotatable bonds is 5. The number of carbonyl (C=O) groups excluding carboxylic acids is 1. The molecule has 5 heteroatoms. The van der Waals surface area contributed by atoms with Gasteiger partial charge in [-0.2, -0.15) is 0 Å². The SMILES string of the molecule is CC(c1ccccc1Cl)N1CCCC(CNC(=O)C2CCCN2)C1. The Kier molecular flexibility index (Phi) is 6.14. The first-order valence-electron chi connectivity index (χ1n) is 9.14. The van der Waals surface area contributed by atoms with E-state index in [4.69, 9.17) is 11.6 Å². The van der Waals surface area contributed by atoms with E-state index in [-0.39, 0.29) is 11.9 Å². The molecule has 132 valence electrons. The molecule has 0 aliphatic carbocycles. The van der Waals surface area contributed by atoms with Crippen molar-refractivity contribution in [3.63, 3.8) is 0 Å². The van der Waals surface area contributed by atoms with E-state index >= 15 is 0 Å². The quantitative estimate of drug-likeness (QED) is 0.859. The Morgan fingerprint density at radius 2 is 2.21 bits per heavy atom. The van der Waals surface area contributed by atoms with Gasteiger partial charge in [0.1, 0.15) is 0 Å². The zero-order valence-corrected chi connectivity index (χ0v) is 15.2. The number of halogens is 1. The summed E-state index contributed by atoms with van der Waals surface area (Å²) in [4.78, 5) is 14.7. The molecule has 2 N–H and O–H groups in total. The molecule has 0 saturated carbocycles. The second kappa shape index (κ2) is 8.32. The van der Waals surface area contributed by atoms with E-state index in [0.717, 1.165) is 44.0 Å². The average molecular weight is 350 g/mol. The molecule has 0 spiro atoms. The van der Waals surface area contributed by atoms with Crippen LogP contribution in [0.5, 0.6) is 0 Å². The summed E-state index contributed by atoms with van der Waals surface area (Å²) >= 11 is 6.36. The van der Waals surface area contributed by atoms with Crippen molar-refractivity contribution in [2.45, 2.75) is 44.7 Å². The molecule has 2 heterocycles. The molecular weight excluding hydrogens is 322 g/mol. The summed E-state index contributed by atoms with van der Waals surface area (Å²) in [6, 6.07) is 8.44. The number of piperidine rings is 1. The van der Waals surface area contributed by atoms with Crippen molar-refractivity contribution in [3.8, 4) is 0 Å². The van der Waals surface area contributed by atoms with Gasteiger partial charge in [0.25, 0.3) is 0 Å². The Hall–Kier alpha value is -1.10. The van der Waals surface area contributed by atoms with Gasteiger partial charge >= 0.3 is 0 Å². The molecule has 24 heavy (non-hydrogen) atoms. The van der Waals surface area contributed by atoms with Crippen LogP contribution in [0.2, 0.25) is 5.02 Å². The zero-order valence-electron chi connectivity index (χ0n) is 14.4. The first kappa shape index (κ1) is 17.7. The molecule has 0 radical (unpaired) electrons. The monoisotopic (exact) mass is 349 g/mol. The molecule has 0 bridgehead atoms. The van der Waals surface area contributed by atoms with Gasteiger partial charge < -0.3 is 10.6 Å². The molecule has 2 aliphatic rings. The number of hydrogen-bond donors (Lipinski definition) is 2. The van der Waals surface area contributed by atoms with Crippen molar-refractivity contribution in [1.29, 1.82) is 0 Å². The van der Waals surface area contributed by atoms with Gasteiger partial charge in [0.15, 0.2) is 0 Å². The number of nitrogens with zero attached hydrogens (tertiary/aromatic N) is 1. The molecule has 0 aromatic heterocycles. The third-order valence-corrected chi connectivity index (χ3v) is 5.74. The van der Waals surface area contributed by atoms with E-state index in [1.165, 1.54) is 18.4 Å². The first-order valence-corrected chi connectivity index (χ1v) is 9.52.